The SMILES string of the molecule is O=C([O-])c1ccccc1N=Nc1c(S(=O)(=O)O)cc2cc(S(=O)(=O)O)cc(N=c3[nH]c([O-])nc(=Nc4ccccc4C(=O)[O-])[nH]3)c2c1[O-].[Na+].[Na+].[Na+].[Na+]. The van der Waals surface area contributed by atoms with Crippen LogP contribution in [0.1, 0.15) is 20.7 Å². The Morgan fingerprint density at radius 3 is 1.81 bits per heavy atom. The molecule has 0 unspecified atom stereocenters. The van der Waals surface area contributed by atoms with E-state index in [1.54, 1.807) is 0 Å². The number of aromatic amines is 2. The number of rotatable bonds is 8. The number of carboxylic acid groups (broad SMARTS) is 2. The fourth-order valence-corrected chi connectivity index (χ4v) is 5.46. The predicted octanol–water partition coefficient (Wildman–Crippen LogP) is -12.8. The van der Waals surface area contributed by atoms with Crippen LogP contribution in [0, 0.1) is 0 Å². The maximum absolute atomic E-state index is 13.8. The van der Waals surface area contributed by atoms with Gasteiger partial charge < -0.3 is 35.0 Å². The van der Waals surface area contributed by atoms with Gasteiger partial charge in [-0.25, -0.2) is 15.0 Å². The summed E-state index contributed by atoms with van der Waals surface area (Å²) in [6.07, 6.45) is 0. The summed E-state index contributed by atoms with van der Waals surface area (Å²) < 4.78 is 68.4. The largest absolute Gasteiger partial charge is 1.00 e. The summed E-state index contributed by atoms with van der Waals surface area (Å²) in [5.41, 5.74) is -4.17. The average molecular weight is 786 g/mol. The number of carbonyl (C=O) groups excluding carboxylic acids is 2. The van der Waals surface area contributed by atoms with Gasteiger partial charge in [-0.05, 0) is 35.7 Å². The Labute approximate surface area is 380 Å². The van der Waals surface area contributed by atoms with Crippen molar-refractivity contribution in [2.24, 2.45) is 20.2 Å². The normalized spacial score (nSPS) is 12.0. The Morgan fingerprint density at radius 2 is 1.25 bits per heavy atom. The molecule has 5 aromatic rings. The predicted molar refractivity (Wildman–Crippen MR) is 152 cm³/mol. The van der Waals surface area contributed by atoms with Crippen molar-refractivity contribution in [2.45, 2.75) is 9.79 Å². The number of carboxylic acids is 2. The summed E-state index contributed by atoms with van der Waals surface area (Å²) in [6, 6.07) is 11.0. The van der Waals surface area contributed by atoms with Crippen LogP contribution in [-0.2, 0) is 20.2 Å². The molecule has 0 bridgehead atoms. The van der Waals surface area contributed by atoms with Crippen molar-refractivity contribution in [2.75, 3.05) is 0 Å². The minimum absolute atomic E-state index is 0. The molecule has 4 N–H and O–H groups in total. The topological polar surface area (TPSA) is 329 Å². The molecular weight excluding hydrogens is 770 g/mol. The number of H-pyrrole nitrogens is 2. The molecule has 0 amide bonds. The first kappa shape index (κ1) is 47.7. The minimum atomic E-state index is -5.29. The quantitative estimate of drug-likeness (QED) is 0.0646. The van der Waals surface area contributed by atoms with Crippen LogP contribution in [-0.4, -0.2) is 52.8 Å². The molecular formula is C27H15N7Na4O12S2. The number of hydrogen-bond acceptors (Lipinski definition) is 15. The van der Waals surface area contributed by atoms with E-state index in [1.165, 1.54) is 36.4 Å². The molecule has 1 heterocycles. The molecule has 4 aromatic carbocycles. The van der Waals surface area contributed by atoms with Crippen molar-refractivity contribution >= 4 is 65.7 Å². The van der Waals surface area contributed by atoms with Gasteiger partial charge in [-0.3, -0.25) is 14.1 Å². The molecule has 0 aliphatic heterocycles. The number of azo groups is 1. The van der Waals surface area contributed by atoms with E-state index in [0.29, 0.717) is 18.2 Å². The molecule has 1 aromatic heterocycles. The summed E-state index contributed by atoms with van der Waals surface area (Å²) in [7, 11) is -10.4. The van der Waals surface area contributed by atoms with Crippen LogP contribution in [0.25, 0.3) is 10.8 Å². The summed E-state index contributed by atoms with van der Waals surface area (Å²) >= 11 is 0. The molecule has 0 saturated heterocycles. The summed E-state index contributed by atoms with van der Waals surface area (Å²) in [5.74, 6) is -4.61. The van der Waals surface area contributed by atoms with Crippen molar-refractivity contribution in [3.05, 3.63) is 89.1 Å². The second-order valence-corrected chi connectivity index (χ2v) is 12.2. The van der Waals surface area contributed by atoms with Crippen LogP contribution in [0.4, 0.5) is 22.7 Å². The maximum atomic E-state index is 13.8. The van der Waals surface area contributed by atoms with Crippen LogP contribution in [0.2, 0.25) is 0 Å². The molecule has 0 radical (unpaired) electrons. The number of aromatic nitrogens is 3. The Morgan fingerprint density at radius 1 is 0.692 bits per heavy atom. The first-order chi connectivity index (χ1) is 22.5. The number of fused-ring (bicyclic) bond motifs is 1. The van der Waals surface area contributed by atoms with Gasteiger partial charge in [0.15, 0.2) is 0 Å². The molecule has 19 nitrogen and oxygen atoms in total. The van der Waals surface area contributed by atoms with E-state index in [0.717, 1.165) is 12.1 Å². The smallest absolute Gasteiger partial charge is 0.870 e. The van der Waals surface area contributed by atoms with Gasteiger partial charge in [-0.15, -0.1) is 10.2 Å². The summed E-state index contributed by atoms with van der Waals surface area (Å²) in [5, 5.41) is 55.2. The molecule has 0 fully saturated rings. The van der Waals surface area contributed by atoms with Gasteiger partial charge in [0, 0.05) is 16.5 Å². The number of nitrogens with one attached hydrogen (secondary N) is 2. The van der Waals surface area contributed by atoms with Crippen LogP contribution in [0.15, 0.2) is 96.7 Å². The third-order valence-electron chi connectivity index (χ3n) is 6.29. The zero-order chi connectivity index (χ0) is 35.0. The van der Waals surface area contributed by atoms with E-state index in [4.69, 9.17) is 0 Å². The fourth-order valence-electron chi connectivity index (χ4n) is 4.27. The third kappa shape index (κ3) is 11.1. The van der Waals surface area contributed by atoms with Gasteiger partial charge in [0.1, 0.15) is 4.90 Å². The van der Waals surface area contributed by atoms with Crippen molar-refractivity contribution in [3.8, 4) is 11.8 Å². The number of nitrogens with zero attached hydrogens (tertiary/aromatic N) is 5. The van der Waals surface area contributed by atoms with Crippen molar-refractivity contribution < 1.29 is 174 Å². The van der Waals surface area contributed by atoms with E-state index in [1.807, 2.05) is 0 Å². The Kier molecular flexibility index (Phi) is 17.8. The van der Waals surface area contributed by atoms with Crippen molar-refractivity contribution in [1.29, 1.82) is 0 Å². The molecule has 0 saturated carbocycles. The first-order valence-corrected chi connectivity index (χ1v) is 15.7. The standard InChI is InChI=1S/C27H19N7O12S2.4Na/c35-22-20-12(10-19(48(44,45)46)21(22)34-33-17-8-4-2-6-15(17)24(38)39)9-13(47(41,42)43)11-18(20)29-26-30-25(31-27(40)32-26)28-16-7-3-1-5-14(16)23(36)37;;;;/h1-11,35H,(H,36,37)(H,38,39)(H,41,42,43)(H,44,45,46)(H3,28,29,30,31,32,40);;;;/q;4*+1/p-4. The molecule has 0 spiro atoms. The Hall–Kier alpha value is -2.29. The monoisotopic (exact) mass is 785 g/mol. The average Bonchev–Trinajstić information content (AvgIpc) is 2.99. The number of benzene rings is 4. The van der Waals surface area contributed by atoms with E-state index < -0.39 is 92.7 Å². The molecule has 0 aliphatic rings. The minimum Gasteiger partial charge on any atom is -0.870 e. The third-order valence-corrected chi connectivity index (χ3v) is 7.99. The molecule has 25 heteroatoms. The van der Waals surface area contributed by atoms with Gasteiger partial charge in [0.2, 0.25) is 11.2 Å². The number of para-hydroxylation sites is 1. The molecule has 0 aliphatic carbocycles. The van der Waals surface area contributed by atoms with E-state index in [2.05, 4.69) is 35.2 Å². The van der Waals surface area contributed by atoms with Crippen LogP contribution >= 0.6 is 0 Å². The molecule has 52 heavy (non-hydrogen) atoms. The second kappa shape index (κ2) is 19.3. The van der Waals surface area contributed by atoms with Crippen molar-refractivity contribution in [3.63, 3.8) is 0 Å². The zero-order valence-electron chi connectivity index (χ0n) is 27.4. The zero-order valence-corrected chi connectivity index (χ0v) is 37.0. The van der Waals surface area contributed by atoms with E-state index in [-0.39, 0.29) is 135 Å². The van der Waals surface area contributed by atoms with E-state index in [9.17, 15) is 56.0 Å². The van der Waals surface area contributed by atoms with Crippen LogP contribution < -0.4 is 150 Å². The number of aromatic carboxylic acids is 2. The van der Waals surface area contributed by atoms with Gasteiger partial charge in [-0.2, -0.15) is 16.8 Å². The van der Waals surface area contributed by atoms with Crippen LogP contribution in [0.5, 0.6) is 11.8 Å². The number of carbonyl (C=O) groups is 2. The van der Waals surface area contributed by atoms with Gasteiger partial charge in [0.25, 0.3) is 20.2 Å². The number of hydrogen-bond donors (Lipinski definition) is 4. The molecule has 0 atom stereocenters. The second-order valence-electron chi connectivity index (χ2n) is 9.42. The Balaban J connectivity index is 0.00000338. The fraction of sp³-hybridized carbons (Fsp3) is 0. The molecule has 5 rings (SSSR count). The summed E-state index contributed by atoms with van der Waals surface area (Å²) in [4.78, 5) is 37.0. The van der Waals surface area contributed by atoms with E-state index >= 15 is 0 Å². The summed E-state index contributed by atoms with van der Waals surface area (Å²) in [6.45, 7) is 0. The van der Waals surface area contributed by atoms with Crippen molar-refractivity contribution in [1.82, 2.24) is 15.0 Å². The van der Waals surface area contributed by atoms with Gasteiger partial charge >= 0.3 is 118 Å². The first-order valence-electron chi connectivity index (χ1n) is 12.8. The maximum Gasteiger partial charge on any atom is 1.00 e. The Bertz CT molecular complexity index is 2580. The van der Waals surface area contributed by atoms with Gasteiger partial charge in [-0.1, -0.05) is 42.1 Å². The van der Waals surface area contributed by atoms with Gasteiger partial charge in [0.05, 0.1) is 45.6 Å². The van der Waals surface area contributed by atoms with Crippen LogP contribution in [0.3, 0.4) is 0 Å². The molecule has 246 valence electrons.